The molecule has 0 aromatic heterocycles. The first-order valence-corrected chi connectivity index (χ1v) is 6.32. The molecule has 1 saturated carbocycles. The van der Waals surface area contributed by atoms with Crippen LogP contribution in [0, 0.1) is 11.8 Å². The van der Waals surface area contributed by atoms with Crippen molar-refractivity contribution in [3.8, 4) is 0 Å². The highest BCUT2D eigenvalue weighted by Gasteiger charge is 2.42. The molecule has 1 amide bonds. The van der Waals surface area contributed by atoms with Crippen LogP contribution in [0.3, 0.4) is 0 Å². The number of rotatable bonds is 4. The van der Waals surface area contributed by atoms with E-state index < -0.39 is 12.1 Å². The number of hydrogen-bond acceptors (Lipinski definition) is 2. The van der Waals surface area contributed by atoms with Crippen molar-refractivity contribution in [1.82, 2.24) is 10.2 Å². The monoisotopic (exact) mass is 266 g/mol. The average molecular weight is 266 g/mol. The molecule has 0 unspecified atom stereocenters. The maximum atomic E-state index is 12.5. The fraction of sp³-hybridized carbons (Fsp3) is 0.917. The van der Waals surface area contributed by atoms with Gasteiger partial charge in [0.2, 0.25) is 5.91 Å². The summed E-state index contributed by atoms with van der Waals surface area (Å²) in [5.41, 5.74) is 0. The van der Waals surface area contributed by atoms with Gasteiger partial charge in [-0.3, -0.25) is 4.79 Å². The summed E-state index contributed by atoms with van der Waals surface area (Å²) in [6.07, 6.45) is -3.23. The van der Waals surface area contributed by atoms with Crippen LogP contribution in [0.15, 0.2) is 0 Å². The summed E-state index contributed by atoms with van der Waals surface area (Å²) >= 11 is 0. The molecular formula is C12H21F3N2O. The second-order valence-corrected chi connectivity index (χ2v) is 4.95. The summed E-state index contributed by atoms with van der Waals surface area (Å²) in [5, 5.41) is 2.94. The van der Waals surface area contributed by atoms with Crippen LogP contribution in [0.5, 0.6) is 0 Å². The second-order valence-electron chi connectivity index (χ2n) is 4.95. The van der Waals surface area contributed by atoms with E-state index in [9.17, 15) is 18.0 Å². The summed E-state index contributed by atoms with van der Waals surface area (Å²) in [7, 11) is 3.50. The Hall–Kier alpha value is -0.780. The molecule has 0 saturated heterocycles. The Balaban J connectivity index is 2.40. The van der Waals surface area contributed by atoms with E-state index in [0.29, 0.717) is 25.9 Å². The standard InChI is InChI=1S/C12H21F3N2O/c1-16-7-8-17(2)11(18)9-3-5-10(6-4-9)12(13,14)15/h9-10,16H,3-8H2,1-2H3. The normalized spacial score (nSPS) is 24.9. The third-order valence-electron chi connectivity index (χ3n) is 3.61. The number of alkyl halides is 3. The maximum absolute atomic E-state index is 12.5. The fourth-order valence-corrected chi connectivity index (χ4v) is 2.37. The largest absolute Gasteiger partial charge is 0.391 e. The van der Waals surface area contributed by atoms with Gasteiger partial charge in [0.05, 0.1) is 5.92 Å². The van der Waals surface area contributed by atoms with E-state index in [-0.39, 0.29) is 24.7 Å². The van der Waals surface area contributed by atoms with Gasteiger partial charge in [-0.05, 0) is 32.7 Å². The van der Waals surface area contributed by atoms with Crippen molar-refractivity contribution in [3.63, 3.8) is 0 Å². The molecule has 6 heteroatoms. The first-order valence-electron chi connectivity index (χ1n) is 6.32. The van der Waals surface area contributed by atoms with Gasteiger partial charge in [-0.15, -0.1) is 0 Å². The predicted octanol–water partition coefficient (Wildman–Crippen LogP) is 2.03. The fourth-order valence-electron chi connectivity index (χ4n) is 2.37. The highest BCUT2D eigenvalue weighted by atomic mass is 19.4. The van der Waals surface area contributed by atoms with E-state index in [1.54, 1.807) is 19.0 Å². The van der Waals surface area contributed by atoms with Gasteiger partial charge in [0.15, 0.2) is 0 Å². The van der Waals surface area contributed by atoms with Gasteiger partial charge in [-0.1, -0.05) is 0 Å². The number of hydrogen-bond donors (Lipinski definition) is 1. The molecule has 0 heterocycles. The molecule has 18 heavy (non-hydrogen) atoms. The zero-order chi connectivity index (χ0) is 13.8. The number of carbonyl (C=O) groups excluding carboxylic acids is 1. The Morgan fingerprint density at radius 3 is 2.28 bits per heavy atom. The van der Waals surface area contributed by atoms with Gasteiger partial charge >= 0.3 is 6.18 Å². The predicted molar refractivity (Wildman–Crippen MR) is 63.1 cm³/mol. The molecule has 0 aliphatic heterocycles. The molecule has 0 radical (unpaired) electrons. The summed E-state index contributed by atoms with van der Waals surface area (Å²) in [5.74, 6) is -1.47. The quantitative estimate of drug-likeness (QED) is 0.844. The van der Waals surface area contributed by atoms with Crippen LogP contribution in [0.1, 0.15) is 25.7 Å². The molecule has 0 aromatic carbocycles. The lowest BCUT2D eigenvalue weighted by Crippen LogP contribution is -2.39. The summed E-state index contributed by atoms with van der Waals surface area (Å²) in [6, 6.07) is 0. The summed E-state index contributed by atoms with van der Waals surface area (Å²) in [6.45, 7) is 1.29. The van der Waals surface area contributed by atoms with Gasteiger partial charge < -0.3 is 10.2 Å². The van der Waals surface area contributed by atoms with Crippen LogP contribution in [0.2, 0.25) is 0 Å². The molecule has 0 aromatic rings. The van der Waals surface area contributed by atoms with Crippen LogP contribution in [0.4, 0.5) is 13.2 Å². The zero-order valence-electron chi connectivity index (χ0n) is 10.9. The Kier molecular flexibility index (Phi) is 5.44. The third-order valence-corrected chi connectivity index (χ3v) is 3.61. The molecule has 1 aliphatic rings. The van der Waals surface area contributed by atoms with E-state index in [1.165, 1.54) is 0 Å². The lowest BCUT2D eigenvalue weighted by atomic mass is 9.81. The maximum Gasteiger partial charge on any atom is 0.391 e. The number of nitrogens with one attached hydrogen (secondary N) is 1. The molecule has 1 aliphatic carbocycles. The van der Waals surface area contributed by atoms with Crippen LogP contribution in [0.25, 0.3) is 0 Å². The van der Waals surface area contributed by atoms with Crippen molar-refractivity contribution >= 4 is 5.91 Å². The summed E-state index contributed by atoms with van der Waals surface area (Å²) < 4.78 is 37.5. The number of amides is 1. The van der Waals surface area contributed by atoms with E-state index in [1.807, 2.05) is 0 Å². The summed E-state index contributed by atoms with van der Waals surface area (Å²) in [4.78, 5) is 13.6. The molecule has 106 valence electrons. The minimum atomic E-state index is -4.11. The average Bonchev–Trinajstić information content (AvgIpc) is 2.34. The van der Waals surface area contributed by atoms with Crippen molar-refractivity contribution in [2.45, 2.75) is 31.9 Å². The number of carbonyl (C=O) groups is 1. The SMILES string of the molecule is CNCCN(C)C(=O)C1CCC(C(F)(F)F)CC1. The Bertz CT molecular complexity index is 273. The first-order chi connectivity index (χ1) is 8.36. The molecule has 0 spiro atoms. The molecular weight excluding hydrogens is 245 g/mol. The van der Waals surface area contributed by atoms with Gasteiger partial charge in [0.25, 0.3) is 0 Å². The molecule has 1 fully saturated rings. The second kappa shape index (κ2) is 6.41. The van der Waals surface area contributed by atoms with Crippen molar-refractivity contribution in [3.05, 3.63) is 0 Å². The molecule has 1 rings (SSSR count). The lowest BCUT2D eigenvalue weighted by molar-refractivity contribution is -0.185. The first kappa shape index (κ1) is 15.3. The number of nitrogens with zero attached hydrogens (tertiary/aromatic N) is 1. The van der Waals surface area contributed by atoms with Gasteiger partial charge in [-0.25, -0.2) is 0 Å². The van der Waals surface area contributed by atoms with Gasteiger partial charge in [0, 0.05) is 26.1 Å². The lowest BCUT2D eigenvalue weighted by Gasteiger charge is -2.31. The number of halogens is 3. The molecule has 0 bridgehead atoms. The van der Waals surface area contributed by atoms with Crippen LogP contribution in [-0.2, 0) is 4.79 Å². The van der Waals surface area contributed by atoms with E-state index in [2.05, 4.69) is 5.32 Å². The van der Waals surface area contributed by atoms with Crippen molar-refractivity contribution in [1.29, 1.82) is 0 Å². The van der Waals surface area contributed by atoms with Crippen molar-refractivity contribution < 1.29 is 18.0 Å². The molecule has 0 atom stereocenters. The highest BCUT2D eigenvalue weighted by Crippen LogP contribution is 2.39. The van der Waals surface area contributed by atoms with Crippen LogP contribution < -0.4 is 5.32 Å². The number of likely N-dealkylation sites (N-methyl/N-ethyl adjacent to an activating group) is 2. The molecule has 1 N–H and O–H groups in total. The smallest absolute Gasteiger partial charge is 0.344 e. The zero-order valence-corrected chi connectivity index (χ0v) is 10.9. The third kappa shape index (κ3) is 4.15. The Labute approximate surface area is 106 Å². The van der Waals surface area contributed by atoms with Crippen molar-refractivity contribution in [2.24, 2.45) is 11.8 Å². The molecule has 3 nitrogen and oxygen atoms in total. The van der Waals surface area contributed by atoms with Crippen LogP contribution >= 0.6 is 0 Å². The van der Waals surface area contributed by atoms with E-state index >= 15 is 0 Å². The van der Waals surface area contributed by atoms with Gasteiger partial charge in [-0.2, -0.15) is 13.2 Å². The van der Waals surface area contributed by atoms with E-state index in [0.717, 1.165) is 0 Å². The topological polar surface area (TPSA) is 32.3 Å². The van der Waals surface area contributed by atoms with Crippen molar-refractivity contribution in [2.75, 3.05) is 27.2 Å². The Morgan fingerprint density at radius 2 is 1.83 bits per heavy atom. The van der Waals surface area contributed by atoms with Crippen LogP contribution in [-0.4, -0.2) is 44.2 Å². The minimum Gasteiger partial charge on any atom is -0.344 e. The Morgan fingerprint density at radius 1 is 1.28 bits per heavy atom. The van der Waals surface area contributed by atoms with Gasteiger partial charge in [0.1, 0.15) is 0 Å². The highest BCUT2D eigenvalue weighted by molar-refractivity contribution is 5.78. The van der Waals surface area contributed by atoms with E-state index in [4.69, 9.17) is 0 Å². The minimum absolute atomic E-state index is 0.0223.